The van der Waals surface area contributed by atoms with Crippen molar-refractivity contribution in [3.05, 3.63) is 60.1 Å². The zero-order valence-corrected chi connectivity index (χ0v) is 11.3. The van der Waals surface area contributed by atoms with Gasteiger partial charge in [-0.25, -0.2) is 8.42 Å². The molecule has 4 heteroatoms. The Kier molecular flexibility index (Phi) is 4.92. The molecule has 0 saturated carbocycles. The third kappa shape index (κ3) is 3.11. The Hall–Kier alpha value is -1.81. The summed E-state index contributed by atoms with van der Waals surface area (Å²) in [4.78, 5) is 0.444. The van der Waals surface area contributed by atoms with Crippen LogP contribution < -0.4 is 4.74 Å². The first-order valence-electron chi connectivity index (χ1n) is 5.40. The van der Waals surface area contributed by atoms with Crippen LogP contribution in [-0.4, -0.2) is 15.5 Å². The number of hydrogen-bond donors (Lipinski definition) is 0. The lowest BCUT2D eigenvalue weighted by Gasteiger charge is -2.06. The van der Waals surface area contributed by atoms with E-state index in [-0.39, 0.29) is 9.80 Å². The number of hydrogen-bond acceptors (Lipinski definition) is 3. The van der Waals surface area contributed by atoms with E-state index in [0.29, 0.717) is 5.75 Å². The van der Waals surface area contributed by atoms with Gasteiger partial charge in [0, 0.05) is 0 Å². The normalized spacial score (nSPS) is 12.7. The molecule has 1 rings (SSSR count). The molecular weight excluding hydrogens is 248 g/mol. The maximum Gasteiger partial charge on any atom is 0.206 e. The van der Waals surface area contributed by atoms with Crippen molar-refractivity contribution in [2.45, 2.75) is 11.8 Å². The van der Waals surface area contributed by atoms with Crippen molar-refractivity contribution in [3.63, 3.8) is 0 Å². The second-order valence-electron chi connectivity index (χ2n) is 3.48. The molecule has 18 heavy (non-hydrogen) atoms. The summed E-state index contributed by atoms with van der Waals surface area (Å²) in [6.45, 7) is 5.29. The highest BCUT2D eigenvalue weighted by molar-refractivity contribution is 7.95. The van der Waals surface area contributed by atoms with Crippen LogP contribution in [0.1, 0.15) is 6.92 Å². The molecule has 0 spiro atoms. The molecule has 0 fully saturated rings. The van der Waals surface area contributed by atoms with Crippen LogP contribution in [0.4, 0.5) is 0 Å². The molecule has 3 nitrogen and oxygen atoms in total. The average molecular weight is 264 g/mol. The molecule has 96 valence electrons. The molecule has 1 aromatic carbocycles. The van der Waals surface area contributed by atoms with Gasteiger partial charge in [0.2, 0.25) is 9.84 Å². The molecule has 0 radical (unpaired) electrons. The molecule has 1 aromatic rings. The van der Waals surface area contributed by atoms with Crippen LogP contribution in [0.5, 0.6) is 5.75 Å². The highest BCUT2D eigenvalue weighted by atomic mass is 32.2. The Morgan fingerprint density at radius 3 is 2.33 bits per heavy atom. The van der Waals surface area contributed by atoms with Crippen LogP contribution in [0.25, 0.3) is 0 Å². The van der Waals surface area contributed by atoms with Gasteiger partial charge in [0.15, 0.2) is 0 Å². The van der Waals surface area contributed by atoms with E-state index < -0.39 is 9.84 Å². The number of rotatable bonds is 5. The van der Waals surface area contributed by atoms with E-state index in [1.807, 2.05) is 0 Å². The van der Waals surface area contributed by atoms with E-state index in [1.165, 1.54) is 31.4 Å². The standard InChI is InChI=1S/C14H16O3S/c1-4-6-13(7-5-2)18(15,16)14-10-8-12(17-3)9-11-14/h4-11H,1H2,2-3H3/b7-5-,13-6+. The SMILES string of the molecule is C=C/C=C(\C=C/C)S(=O)(=O)c1ccc(OC)cc1. The van der Waals surface area contributed by atoms with Crippen molar-refractivity contribution in [2.75, 3.05) is 7.11 Å². The quantitative estimate of drug-likeness (QED) is 0.767. The van der Waals surface area contributed by atoms with Crippen LogP contribution in [0.15, 0.2) is 64.9 Å². The molecule has 0 atom stereocenters. The van der Waals surface area contributed by atoms with Gasteiger partial charge in [-0.3, -0.25) is 0 Å². The van der Waals surface area contributed by atoms with Gasteiger partial charge >= 0.3 is 0 Å². The van der Waals surface area contributed by atoms with Gasteiger partial charge in [-0.15, -0.1) is 0 Å². The molecule has 0 aromatic heterocycles. The number of ether oxygens (including phenoxy) is 1. The van der Waals surface area contributed by atoms with Crippen LogP contribution in [0.3, 0.4) is 0 Å². The maximum atomic E-state index is 12.3. The largest absolute Gasteiger partial charge is 0.497 e. The van der Waals surface area contributed by atoms with Gasteiger partial charge in [0.1, 0.15) is 5.75 Å². The third-order valence-electron chi connectivity index (χ3n) is 2.29. The van der Waals surface area contributed by atoms with E-state index in [4.69, 9.17) is 4.74 Å². The maximum absolute atomic E-state index is 12.3. The third-order valence-corrected chi connectivity index (χ3v) is 4.08. The lowest BCUT2D eigenvalue weighted by Crippen LogP contribution is -2.03. The molecule has 0 aliphatic rings. The molecule has 0 aliphatic carbocycles. The molecule has 0 N–H and O–H groups in total. The van der Waals surface area contributed by atoms with Gasteiger partial charge in [-0.05, 0) is 43.3 Å². The van der Waals surface area contributed by atoms with E-state index in [0.717, 1.165) is 0 Å². The molecule has 0 heterocycles. The number of benzene rings is 1. The number of allylic oxidation sites excluding steroid dienone is 4. The zero-order valence-electron chi connectivity index (χ0n) is 10.5. The summed E-state index contributed by atoms with van der Waals surface area (Å²) >= 11 is 0. The summed E-state index contributed by atoms with van der Waals surface area (Å²) in [7, 11) is -1.97. The lowest BCUT2D eigenvalue weighted by atomic mass is 10.3. The predicted octanol–water partition coefficient (Wildman–Crippen LogP) is 3.11. The second kappa shape index (κ2) is 6.21. The first-order valence-corrected chi connectivity index (χ1v) is 6.89. The van der Waals surface area contributed by atoms with E-state index in [2.05, 4.69) is 6.58 Å². The van der Waals surface area contributed by atoms with E-state index >= 15 is 0 Å². The van der Waals surface area contributed by atoms with Gasteiger partial charge in [0.25, 0.3) is 0 Å². The van der Waals surface area contributed by atoms with Gasteiger partial charge in [0.05, 0.1) is 16.9 Å². The van der Waals surface area contributed by atoms with E-state index in [9.17, 15) is 8.42 Å². The van der Waals surface area contributed by atoms with Crippen LogP contribution in [0, 0.1) is 0 Å². The van der Waals surface area contributed by atoms with Crippen molar-refractivity contribution in [3.8, 4) is 5.75 Å². The minimum atomic E-state index is -3.50. The predicted molar refractivity (Wildman–Crippen MR) is 73.3 cm³/mol. The highest BCUT2D eigenvalue weighted by Crippen LogP contribution is 2.22. The fourth-order valence-electron chi connectivity index (χ4n) is 1.41. The lowest BCUT2D eigenvalue weighted by molar-refractivity contribution is 0.414. The van der Waals surface area contributed by atoms with Gasteiger partial charge in [-0.1, -0.05) is 18.7 Å². The Bertz CT molecular complexity index is 564. The fraction of sp³-hybridized carbons (Fsp3) is 0.143. The highest BCUT2D eigenvalue weighted by Gasteiger charge is 2.17. The Morgan fingerprint density at radius 1 is 1.28 bits per heavy atom. The van der Waals surface area contributed by atoms with Crippen molar-refractivity contribution in [1.29, 1.82) is 0 Å². The van der Waals surface area contributed by atoms with Crippen LogP contribution >= 0.6 is 0 Å². The summed E-state index contributed by atoms with van der Waals surface area (Å²) in [6, 6.07) is 6.28. The van der Waals surface area contributed by atoms with Crippen molar-refractivity contribution in [2.24, 2.45) is 0 Å². The number of methoxy groups -OCH3 is 1. The minimum Gasteiger partial charge on any atom is -0.497 e. The van der Waals surface area contributed by atoms with Crippen molar-refractivity contribution < 1.29 is 13.2 Å². The Morgan fingerprint density at radius 2 is 1.89 bits per heavy atom. The summed E-state index contributed by atoms with van der Waals surface area (Å²) < 4.78 is 29.6. The smallest absolute Gasteiger partial charge is 0.206 e. The molecule has 0 amide bonds. The Balaban J connectivity index is 3.26. The summed E-state index contributed by atoms with van der Waals surface area (Å²) in [5.74, 6) is 0.620. The Labute approximate surface area is 108 Å². The second-order valence-corrected chi connectivity index (χ2v) is 5.43. The molecule has 0 unspecified atom stereocenters. The topological polar surface area (TPSA) is 43.4 Å². The van der Waals surface area contributed by atoms with Crippen molar-refractivity contribution in [1.82, 2.24) is 0 Å². The molecule has 0 aliphatic heterocycles. The van der Waals surface area contributed by atoms with E-state index in [1.54, 1.807) is 31.2 Å². The number of sulfone groups is 1. The average Bonchev–Trinajstić information content (AvgIpc) is 2.38. The van der Waals surface area contributed by atoms with Crippen LogP contribution in [-0.2, 0) is 9.84 Å². The monoisotopic (exact) mass is 264 g/mol. The molecule has 0 saturated heterocycles. The first-order chi connectivity index (χ1) is 8.56. The summed E-state index contributed by atoms with van der Waals surface area (Å²) in [6.07, 6.45) is 6.15. The van der Waals surface area contributed by atoms with Crippen LogP contribution in [0.2, 0.25) is 0 Å². The summed E-state index contributed by atoms with van der Waals surface area (Å²) in [5, 5.41) is 0. The molecule has 0 bridgehead atoms. The van der Waals surface area contributed by atoms with Gasteiger partial charge in [-0.2, -0.15) is 0 Å². The first kappa shape index (κ1) is 14.3. The molecular formula is C14H16O3S. The zero-order chi connectivity index (χ0) is 13.6. The van der Waals surface area contributed by atoms with Gasteiger partial charge < -0.3 is 4.74 Å². The fourth-order valence-corrected chi connectivity index (χ4v) is 2.76. The summed E-state index contributed by atoms with van der Waals surface area (Å²) in [5.41, 5.74) is 0. The van der Waals surface area contributed by atoms with Crippen molar-refractivity contribution >= 4 is 9.84 Å². The minimum absolute atomic E-state index is 0.213.